The molecule has 0 aliphatic carbocycles. The van der Waals surface area contributed by atoms with Crippen molar-refractivity contribution in [2.24, 2.45) is 5.92 Å². The molecule has 1 aliphatic heterocycles. The maximum Gasteiger partial charge on any atom is 0.0795 e. The van der Waals surface area contributed by atoms with Crippen molar-refractivity contribution < 1.29 is 0 Å². The first-order valence-electron chi connectivity index (χ1n) is 7.46. The molecule has 3 nitrogen and oxygen atoms in total. The lowest BCUT2D eigenvalue weighted by molar-refractivity contribution is 0.0435. The molecule has 108 valence electrons. The number of rotatable bonds is 5. The third-order valence-electron chi connectivity index (χ3n) is 4.63. The molecule has 1 aromatic rings. The predicted octanol–water partition coefficient (Wildman–Crippen LogP) is 3.13. The third kappa shape index (κ3) is 3.36. The predicted molar refractivity (Wildman–Crippen MR) is 82.5 cm³/mol. The number of nitrogens with zero attached hydrogens (tertiary/aromatic N) is 2. The van der Waals surface area contributed by atoms with Crippen LogP contribution >= 0.6 is 11.3 Å². The van der Waals surface area contributed by atoms with Crippen molar-refractivity contribution in [3.63, 3.8) is 0 Å². The largest absolute Gasteiger partial charge is 0.308 e. The molecule has 1 unspecified atom stereocenters. The zero-order valence-electron chi connectivity index (χ0n) is 12.6. The van der Waals surface area contributed by atoms with Crippen LogP contribution < -0.4 is 5.32 Å². The lowest BCUT2D eigenvalue weighted by Crippen LogP contribution is -2.64. The van der Waals surface area contributed by atoms with Gasteiger partial charge in [0.25, 0.3) is 0 Å². The van der Waals surface area contributed by atoms with Crippen molar-refractivity contribution in [3.05, 3.63) is 16.6 Å². The highest BCUT2D eigenvalue weighted by Gasteiger charge is 2.37. The molecule has 1 saturated heterocycles. The number of thiazole rings is 1. The van der Waals surface area contributed by atoms with Crippen LogP contribution in [0.2, 0.25) is 0 Å². The number of nitrogens with one attached hydrogen (secondary N) is 1. The van der Waals surface area contributed by atoms with E-state index >= 15 is 0 Å². The van der Waals surface area contributed by atoms with Gasteiger partial charge in [0.1, 0.15) is 0 Å². The molecule has 2 heterocycles. The molecule has 2 rings (SSSR count). The van der Waals surface area contributed by atoms with Crippen LogP contribution in [0.1, 0.15) is 46.2 Å². The van der Waals surface area contributed by atoms with Crippen LogP contribution in [0, 0.1) is 5.92 Å². The summed E-state index contributed by atoms with van der Waals surface area (Å²) in [6.45, 7) is 12.5. The number of hydrogen-bond donors (Lipinski definition) is 1. The van der Waals surface area contributed by atoms with Crippen LogP contribution in [0.4, 0.5) is 0 Å². The molecular formula is C15H27N3S. The Morgan fingerprint density at radius 2 is 2.21 bits per heavy atom. The van der Waals surface area contributed by atoms with E-state index in [-0.39, 0.29) is 0 Å². The fourth-order valence-electron chi connectivity index (χ4n) is 3.09. The van der Waals surface area contributed by atoms with Gasteiger partial charge >= 0.3 is 0 Å². The van der Waals surface area contributed by atoms with Crippen LogP contribution in [0.3, 0.4) is 0 Å². The minimum atomic E-state index is 0.293. The van der Waals surface area contributed by atoms with Crippen molar-refractivity contribution >= 4 is 11.3 Å². The Bertz CT molecular complexity index is 371. The van der Waals surface area contributed by atoms with Crippen molar-refractivity contribution in [1.29, 1.82) is 0 Å². The van der Waals surface area contributed by atoms with Crippen molar-refractivity contribution in [2.75, 3.05) is 13.1 Å². The molecule has 4 heteroatoms. The van der Waals surface area contributed by atoms with Gasteiger partial charge in [-0.1, -0.05) is 27.7 Å². The molecule has 1 atom stereocenters. The molecule has 0 amide bonds. The maximum absolute atomic E-state index is 4.46. The topological polar surface area (TPSA) is 28.2 Å². The highest BCUT2D eigenvalue weighted by atomic mass is 32.1. The average Bonchev–Trinajstić information content (AvgIpc) is 2.91. The minimum absolute atomic E-state index is 0.293. The second-order valence-electron chi connectivity index (χ2n) is 6.06. The Balaban J connectivity index is 2.12. The standard InChI is InChI=1S/C15H27N3S/c1-5-15(6-2)10-18(8-13-9-19-11-16-13)14(7-17-15)12(3)4/h9,11-12,14,17H,5-8,10H2,1-4H3. The summed E-state index contributed by atoms with van der Waals surface area (Å²) in [5.41, 5.74) is 3.45. The van der Waals surface area contributed by atoms with E-state index in [9.17, 15) is 0 Å². The summed E-state index contributed by atoms with van der Waals surface area (Å²) in [7, 11) is 0. The second kappa shape index (κ2) is 6.33. The van der Waals surface area contributed by atoms with Gasteiger partial charge in [-0.2, -0.15) is 0 Å². The second-order valence-corrected chi connectivity index (χ2v) is 6.78. The van der Waals surface area contributed by atoms with Crippen molar-refractivity contribution in [3.8, 4) is 0 Å². The summed E-state index contributed by atoms with van der Waals surface area (Å²) >= 11 is 1.70. The van der Waals surface area contributed by atoms with E-state index in [1.165, 1.54) is 18.5 Å². The van der Waals surface area contributed by atoms with E-state index in [2.05, 4.69) is 48.3 Å². The highest BCUT2D eigenvalue weighted by molar-refractivity contribution is 7.07. The first kappa shape index (κ1) is 14.9. The van der Waals surface area contributed by atoms with E-state index < -0.39 is 0 Å². The molecule has 1 aliphatic rings. The summed E-state index contributed by atoms with van der Waals surface area (Å²) in [6, 6.07) is 0.618. The molecule has 0 saturated carbocycles. The Hall–Kier alpha value is -0.450. The van der Waals surface area contributed by atoms with E-state index in [1.807, 2.05) is 5.51 Å². The normalized spacial score (nSPS) is 23.9. The number of piperazine rings is 1. The van der Waals surface area contributed by atoms with Crippen LogP contribution in [0.15, 0.2) is 10.9 Å². The molecule has 0 spiro atoms. The van der Waals surface area contributed by atoms with Gasteiger partial charge in [0.2, 0.25) is 0 Å². The van der Waals surface area contributed by atoms with E-state index in [0.29, 0.717) is 17.5 Å². The lowest BCUT2D eigenvalue weighted by atomic mass is 9.86. The minimum Gasteiger partial charge on any atom is -0.308 e. The SMILES string of the molecule is CCC1(CC)CN(Cc2cscn2)C(C(C)C)CN1. The third-order valence-corrected chi connectivity index (χ3v) is 5.27. The van der Waals surface area contributed by atoms with Gasteiger partial charge < -0.3 is 5.32 Å². The fourth-order valence-corrected chi connectivity index (χ4v) is 3.64. The molecule has 1 fully saturated rings. The van der Waals surface area contributed by atoms with E-state index in [1.54, 1.807) is 11.3 Å². The number of hydrogen-bond acceptors (Lipinski definition) is 4. The molecule has 1 N–H and O–H groups in total. The van der Waals surface area contributed by atoms with E-state index in [0.717, 1.165) is 19.6 Å². The van der Waals surface area contributed by atoms with Crippen LogP contribution in [0.5, 0.6) is 0 Å². The monoisotopic (exact) mass is 281 g/mol. The molecule has 0 aromatic carbocycles. The van der Waals surface area contributed by atoms with Gasteiger partial charge in [0.15, 0.2) is 0 Å². The summed E-state index contributed by atoms with van der Waals surface area (Å²) in [5.74, 6) is 0.679. The summed E-state index contributed by atoms with van der Waals surface area (Å²) < 4.78 is 0. The molecule has 1 aromatic heterocycles. The van der Waals surface area contributed by atoms with Gasteiger partial charge in [-0.05, 0) is 18.8 Å². The van der Waals surface area contributed by atoms with E-state index in [4.69, 9.17) is 0 Å². The maximum atomic E-state index is 4.46. The van der Waals surface area contributed by atoms with Gasteiger partial charge in [0.05, 0.1) is 11.2 Å². The zero-order chi connectivity index (χ0) is 13.9. The molecule has 19 heavy (non-hydrogen) atoms. The van der Waals surface area contributed by atoms with Crippen LogP contribution in [0.25, 0.3) is 0 Å². The van der Waals surface area contributed by atoms with Crippen molar-refractivity contribution in [2.45, 2.75) is 58.7 Å². The van der Waals surface area contributed by atoms with Gasteiger partial charge in [-0.25, -0.2) is 4.98 Å². The summed E-state index contributed by atoms with van der Waals surface area (Å²) in [5, 5.41) is 5.99. The Kier molecular flexibility index (Phi) is 4.98. The quantitative estimate of drug-likeness (QED) is 0.899. The average molecular weight is 281 g/mol. The summed E-state index contributed by atoms with van der Waals surface area (Å²) in [6.07, 6.45) is 2.39. The number of aromatic nitrogens is 1. The van der Waals surface area contributed by atoms with Gasteiger partial charge in [-0.3, -0.25) is 4.90 Å². The first-order chi connectivity index (χ1) is 9.10. The first-order valence-corrected chi connectivity index (χ1v) is 8.40. The smallest absolute Gasteiger partial charge is 0.0795 e. The van der Waals surface area contributed by atoms with Gasteiger partial charge in [0, 0.05) is 36.6 Å². The zero-order valence-corrected chi connectivity index (χ0v) is 13.5. The Morgan fingerprint density at radius 3 is 2.74 bits per heavy atom. The highest BCUT2D eigenvalue weighted by Crippen LogP contribution is 2.26. The molecule has 0 bridgehead atoms. The van der Waals surface area contributed by atoms with Crippen molar-refractivity contribution in [1.82, 2.24) is 15.2 Å². The Labute approximate surface area is 121 Å². The lowest BCUT2D eigenvalue weighted by Gasteiger charge is -2.48. The van der Waals surface area contributed by atoms with Crippen LogP contribution in [-0.4, -0.2) is 34.6 Å². The Morgan fingerprint density at radius 1 is 1.47 bits per heavy atom. The van der Waals surface area contributed by atoms with Crippen LogP contribution in [-0.2, 0) is 6.54 Å². The molecule has 0 radical (unpaired) electrons. The molecular weight excluding hydrogens is 254 g/mol. The summed E-state index contributed by atoms with van der Waals surface area (Å²) in [4.78, 5) is 7.10. The fraction of sp³-hybridized carbons (Fsp3) is 0.800. The van der Waals surface area contributed by atoms with Gasteiger partial charge in [-0.15, -0.1) is 11.3 Å².